The van der Waals surface area contributed by atoms with E-state index in [9.17, 15) is 18.3 Å². The first-order chi connectivity index (χ1) is 6.45. The van der Waals surface area contributed by atoms with Crippen LogP contribution >= 0.6 is 28.3 Å². The van der Waals surface area contributed by atoms with Crippen LogP contribution in [0.5, 0.6) is 5.75 Å². The van der Waals surface area contributed by atoms with Crippen LogP contribution in [0, 0.1) is 5.82 Å². The van der Waals surface area contributed by atoms with Crippen LogP contribution in [0.4, 0.5) is 13.2 Å². The molecule has 3 N–H and O–H groups in total. The Bertz CT molecular complexity index is 351. The molecule has 15 heavy (non-hydrogen) atoms. The highest BCUT2D eigenvalue weighted by molar-refractivity contribution is 9.10. The van der Waals surface area contributed by atoms with Gasteiger partial charge in [-0.2, -0.15) is 0 Å². The molecule has 0 saturated carbocycles. The average molecular weight is 307 g/mol. The van der Waals surface area contributed by atoms with E-state index in [1.807, 2.05) is 0 Å². The number of phenols is 1. The molecule has 0 fully saturated rings. The first-order valence-electron chi connectivity index (χ1n) is 3.65. The predicted molar refractivity (Wildman–Crippen MR) is 55.9 cm³/mol. The van der Waals surface area contributed by atoms with Crippen LogP contribution in [0.3, 0.4) is 0 Å². The molecule has 7 heteroatoms. The highest BCUT2D eigenvalue weighted by atomic mass is 79.9. The zero-order valence-corrected chi connectivity index (χ0v) is 9.66. The summed E-state index contributed by atoms with van der Waals surface area (Å²) in [4.78, 5) is 0. The molecule has 0 saturated heterocycles. The van der Waals surface area contributed by atoms with Crippen molar-refractivity contribution in [1.29, 1.82) is 0 Å². The van der Waals surface area contributed by atoms with Gasteiger partial charge in [0.15, 0.2) is 0 Å². The third-order valence-corrected chi connectivity index (χ3v) is 2.49. The van der Waals surface area contributed by atoms with Gasteiger partial charge in [-0.05, 0) is 22.0 Å². The number of nitrogens with two attached hydrogens (primary N) is 1. The fraction of sp³-hybridized carbons (Fsp3) is 0.250. The van der Waals surface area contributed by atoms with Gasteiger partial charge in [0.25, 0.3) is 6.43 Å². The Balaban J connectivity index is 0.00000196. The molecule has 1 aromatic carbocycles. The molecule has 1 atom stereocenters. The fourth-order valence-corrected chi connectivity index (χ4v) is 1.32. The molecule has 1 rings (SSSR count). The topological polar surface area (TPSA) is 46.2 Å². The van der Waals surface area contributed by atoms with Crippen molar-refractivity contribution < 1.29 is 18.3 Å². The molecule has 2 nitrogen and oxygen atoms in total. The molecular weight excluding hydrogens is 298 g/mol. The minimum absolute atomic E-state index is 0. The Morgan fingerprint density at radius 1 is 1.33 bits per heavy atom. The van der Waals surface area contributed by atoms with Gasteiger partial charge >= 0.3 is 0 Å². The highest BCUT2D eigenvalue weighted by Gasteiger charge is 2.22. The van der Waals surface area contributed by atoms with Crippen LogP contribution in [0.25, 0.3) is 0 Å². The minimum atomic E-state index is -2.81. The van der Waals surface area contributed by atoms with E-state index in [4.69, 9.17) is 5.73 Å². The van der Waals surface area contributed by atoms with Gasteiger partial charge in [-0.15, -0.1) is 12.4 Å². The maximum atomic E-state index is 12.8. The Kier molecular flexibility index (Phi) is 5.41. The second kappa shape index (κ2) is 5.58. The summed E-state index contributed by atoms with van der Waals surface area (Å²) in [6.07, 6.45) is -2.81. The van der Waals surface area contributed by atoms with Crippen molar-refractivity contribution in [3.05, 3.63) is 28.0 Å². The monoisotopic (exact) mass is 305 g/mol. The lowest BCUT2D eigenvalue weighted by atomic mass is 10.1. The van der Waals surface area contributed by atoms with Crippen molar-refractivity contribution in [2.75, 3.05) is 0 Å². The van der Waals surface area contributed by atoms with E-state index in [1.165, 1.54) is 0 Å². The summed E-state index contributed by atoms with van der Waals surface area (Å²) in [7, 11) is 0. The molecule has 0 aliphatic rings. The van der Waals surface area contributed by atoms with E-state index in [2.05, 4.69) is 15.9 Å². The summed E-state index contributed by atoms with van der Waals surface area (Å²) < 4.78 is 36.9. The fourth-order valence-electron chi connectivity index (χ4n) is 0.960. The van der Waals surface area contributed by atoms with E-state index in [-0.39, 0.29) is 22.4 Å². The molecule has 0 amide bonds. The number of halogens is 5. The number of rotatable bonds is 2. The maximum absolute atomic E-state index is 12.8. The molecule has 0 heterocycles. The van der Waals surface area contributed by atoms with Gasteiger partial charge in [0.1, 0.15) is 11.6 Å². The molecule has 86 valence electrons. The van der Waals surface area contributed by atoms with Crippen molar-refractivity contribution in [3.63, 3.8) is 0 Å². The molecule has 0 aromatic heterocycles. The van der Waals surface area contributed by atoms with Crippen molar-refractivity contribution >= 4 is 28.3 Å². The maximum Gasteiger partial charge on any atom is 0.257 e. The van der Waals surface area contributed by atoms with E-state index in [1.54, 1.807) is 0 Å². The quantitative estimate of drug-likeness (QED) is 0.882. The van der Waals surface area contributed by atoms with E-state index < -0.39 is 24.0 Å². The SMILES string of the molecule is Cl.N[C@H](c1ccc(F)c(Br)c1O)C(F)F. The molecule has 0 spiro atoms. The van der Waals surface area contributed by atoms with Crippen molar-refractivity contribution in [2.45, 2.75) is 12.5 Å². The summed E-state index contributed by atoms with van der Waals surface area (Å²) in [5.74, 6) is -1.31. The van der Waals surface area contributed by atoms with Crippen molar-refractivity contribution in [1.82, 2.24) is 0 Å². The lowest BCUT2D eigenvalue weighted by molar-refractivity contribution is 0.115. The molecule has 0 unspecified atom stereocenters. The van der Waals surface area contributed by atoms with E-state index in [0.29, 0.717) is 0 Å². The first-order valence-corrected chi connectivity index (χ1v) is 4.45. The predicted octanol–water partition coefficient (Wildman–Crippen LogP) is 2.98. The number of aromatic hydroxyl groups is 1. The van der Waals surface area contributed by atoms with E-state index >= 15 is 0 Å². The van der Waals surface area contributed by atoms with Crippen LogP contribution in [-0.4, -0.2) is 11.5 Å². The van der Waals surface area contributed by atoms with Gasteiger partial charge in [-0.3, -0.25) is 0 Å². The largest absolute Gasteiger partial charge is 0.506 e. The average Bonchev–Trinajstić information content (AvgIpc) is 2.13. The summed E-state index contributed by atoms with van der Waals surface area (Å²) in [5, 5.41) is 9.30. The summed E-state index contributed by atoms with van der Waals surface area (Å²) in [6.45, 7) is 0. The van der Waals surface area contributed by atoms with Crippen molar-refractivity contribution in [3.8, 4) is 5.75 Å². The highest BCUT2D eigenvalue weighted by Crippen LogP contribution is 2.34. The third kappa shape index (κ3) is 2.99. The van der Waals surface area contributed by atoms with Gasteiger partial charge < -0.3 is 10.8 Å². The van der Waals surface area contributed by atoms with E-state index in [0.717, 1.165) is 12.1 Å². The molecule has 0 bridgehead atoms. The lowest BCUT2D eigenvalue weighted by Gasteiger charge is -2.13. The summed E-state index contributed by atoms with van der Waals surface area (Å²) in [5.41, 5.74) is 4.92. The van der Waals surface area contributed by atoms with Crippen LogP contribution in [0.1, 0.15) is 11.6 Å². The molecule has 0 aliphatic carbocycles. The van der Waals surface area contributed by atoms with Crippen molar-refractivity contribution in [2.24, 2.45) is 5.73 Å². The number of benzene rings is 1. The van der Waals surface area contributed by atoms with Crippen LogP contribution < -0.4 is 5.73 Å². The second-order valence-electron chi connectivity index (χ2n) is 2.66. The Morgan fingerprint density at radius 2 is 1.87 bits per heavy atom. The zero-order chi connectivity index (χ0) is 10.9. The second-order valence-corrected chi connectivity index (χ2v) is 3.45. The van der Waals surface area contributed by atoms with Crippen LogP contribution in [0.15, 0.2) is 16.6 Å². The Hall–Kier alpha value is -0.460. The lowest BCUT2D eigenvalue weighted by Crippen LogP contribution is -2.19. The number of hydrogen-bond donors (Lipinski definition) is 2. The smallest absolute Gasteiger partial charge is 0.257 e. The van der Waals surface area contributed by atoms with Crippen LogP contribution in [-0.2, 0) is 0 Å². The number of phenolic OH excluding ortho intramolecular Hbond substituents is 1. The Morgan fingerprint density at radius 3 is 2.33 bits per heavy atom. The van der Waals surface area contributed by atoms with Crippen LogP contribution in [0.2, 0.25) is 0 Å². The first kappa shape index (κ1) is 14.5. The third-order valence-electron chi connectivity index (χ3n) is 1.73. The molecule has 1 aromatic rings. The van der Waals surface area contributed by atoms with Gasteiger partial charge in [-0.25, -0.2) is 13.2 Å². The number of hydrogen-bond acceptors (Lipinski definition) is 2. The Labute approximate surface area is 98.8 Å². The number of alkyl halides is 2. The summed E-state index contributed by atoms with van der Waals surface area (Å²) >= 11 is 2.72. The molecular formula is C8H8BrClF3NO. The van der Waals surface area contributed by atoms with Gasteiger partial charge in [-0.1, -0.05) is 6.07 Å². The molecule has 0 radical (unpaired) electrons. The molecule has 0 aliphatic heterocycles. The van der Waals surface area contributed by atoms with Gasteiger partial charge in [0.05, 0.1) is 10.5 Å². The van der Waals surface area contributed by atoms with Gasteiger partial charge in [0, 0.05) is 5.56 Å². The van der Waals surface area contributed by atoms with Gasteiger partial charge in [0.2, 0.25) is 0 Å². The normalized spacial score (nSPS) is 12.4. The minimum Gasteiger partial charge on any atom is -0.506 e. The standard InChI is InChI=1S/C8H7BrF3NO.ClH/c9-5-4(10)2-1-3(7(5)14)6(13)8(11)12;/h1-2,6,8,14H,13H2;1H/t6-;/m1./s1. The zero-order valence-electron chi connectivity index (χ0n) is 7.25. The summed E-state index contributed by atoms with van der Waals surface area (Å²) in [6, 6.07) is 0.375.